The average molecular weight is 454 g/mol. The van der Waals surface area contributed by atoms with Gasteiger partial charge in [-0.2, -0.15) is 0 Å². The van der Waals surface area contributed by atoms with E-state index in [-0.39, 0.29) is 6.54 Å². The summed E-state index contributed by atoms with van der Waals surface area (Å²) in [6, 6.07) is 25.6. The van der Waals surface area contributed by atoms with Gasteiger partial charge >= 0.3 is 0 Å². The molecular weight excluding hydrogens is 426 g/mol. The first-order valence-corrected chi connectivity index (χ1v) is 12.0. The van der Waals surface area contributed by atoms with Gasteiger partial charge in [0.15, 0.2) is 5.75 Å². The number of carbonyl (C=O) groups is 1. The first-order valence-electron chi connectivity index (χ1n) is 10.2. The van der Waals surface area contributed by atoms with E-state index in [0.29, 0.717) is 30.3 Å². The Kier molecular flexibility index (Phi) is 7.72. The lowest BCUT2D eigenvalue weighted by atomic mass is 10.2. The summed E-state index contributed by atoms with van der Waals surface area (Å²) >= 11 is 0. The SMILES string of the molecule is CN(CCNC(=O)CN(c1ccccc1Oc1ccccc1)S(C)(=O)=O)c1ccccc1. The molecule has 0 unspecified atom stereocenters. The molecule has 0 aliphatic carbocycles. The molecule has 3 rings (SSSR count). The predicted octanol–water partition coefficient (Wildman–Crippen LogP) is 3.50. The molecule has 3 aromatic rings. The number of nitrogens with one attached hydrogen (secondary N) is 1. The lowest BCUT2D eigenvalue weighted by Crippen LogP contribution is -2.42. The third-order valence-electron chi connectivity index (χ3n) is 4.76. The maximum atomic E-state index is 12.6. The Hall–Kier alpha value is -3.52. The van der Waals surface area contributed by atoms with E-state index in [1.54, 1.807) is 36.4 Å². The van der Waals surface area contributed by atoms with Crippen molar-refractivity contribution in [3.05, 3.63) is 84.9 Å². The molecular formula is C24H27N3O4S. The monoisotopic (exact) mass is 453 g/mol. The van der Waals surface area contributed by atoms with Crippen LogP contribution in [0.5, 0.6) is 11.5 Å². The molecule has 1 amide bonds. The van der Waals surface area contributed by atoms with E-state index in [1.165, 1.54) is 0 Å². The van der Waals surface area contributed by atoms with E-state index in [9.17, 15) is 13.2 Å². The molecule has 0 heterocycles. The van der Waals surface area contributed by atoms with Crippen molar-refractivity contribution in [3.8, 4) is 11.5 Å². The Labute approximate surface area is 189 Å². The summed E-state index contributed by atoms with van der Waals surface area (Å²) < 4.78 is 32.0. The highest BCUT2D eigenvalue weighted by Crippen LogP contribution is 2.33. The van der Waals surface area contributed by atoms with E-state index in [1.807, 2.05) is 60.5 Å². The van der Waals surface area contributed by atoms with Gasteiger partial charge in [-0.25, -0.2) is 8.42 Å². The average Bonchev–Trinajstić information content (AvgIpc) is 2.78. The number of likely N-dealkylation sites (N-methyl/N-ethyl adjacent to an activating group) is 1. The Morgan fingerprint density at radius 1 is 0.906 bits per heavy atom. The molecule has 7 nitrogen and oxygen atoms in total. The molecule has 0 aromatic heterocycles. The van der Waals surface area contributed by atoms with Crippen LogP contribution in [-0.2, 0) is 14.8 Å². The Morgan fingerprint density at radius 2 is 1.50 bits per heavy atom. The number of nitrogens with zero attached hydrogens (tertiary/aromatic N) is 2. The quantitative estimate of drug-likeness (QED) is 0.508. The molecule has 1 N–H and O–H groups in total. The van der Waals surface area contributed by atoms with Crippen LogP contribution in [0.1, 0.15) is 0 Å². The summed E-state index contributed by atoms with van der Waals surface area (Å²) in [7, 11) is -1.80. The van der Waals surface area contributed by atoms with Crippen molar-refractivity contribution in [1.29, 1.82) is 0 Å². The van der Waals surface area contributed by atoms with Gasteiger partial charge in [0.25, 0.3) is 0 Å². The summed E-state index contributed by atoms with van der Waals surface area (Å²) in [4.78, 5) is 14.6. The zero-order valence-corrected chi connectivity index (χ0v) is 19.0. The van der Waals surface area contributed by atoms with Crippen LogP contribution in [-0.4, -0.2) is 47.3 Å². The van der Waals surface area contributed by atoms with Crippen LogP contribution in [0.2, 0.25) is 0 Å². The molecule has 0 bridgehead atoms. The number of hydrogen-bond donors (Lipinski definition) is 1. The first kappa shape index (κ1) is 23.1. The summed E-state index contributed by atoms with van der Waals surface area (Å²) in [5.41, 5.74) is 1.34. The fraction of sp³-hybridized carbons (Fsp3) is 0.208. The fourth-order valence-corrected chi connectivity index (χ4v) is 3.97. The van der Waals surface area contributed by atoms with Crippen molar-refractivity contribution in [2.45, 2.75) is 0 Å². The zero-order chi connectivity index (χ0) is 23.0. The standard InChI is InChI=1S/C24H27N3O4S/c1-26(20-11-5-3-6-12-20)18-17-25-24(28)19-27(32(2,29)30)22-15-9-10-16-23(22)31-21-13-7-4-8-14-21/h3-16H,17-19H2,1-2H3,(H,25,28). The second kappa shape index (κ2) is 10.7. The molecule has 3 aromatic carbocycles. The molecule has 0 spiro atoms. The van der Waals surface area contributed by atoms with E-state index < -0.39 is 15.9 Å². The van der Waals surface area contributed by atoms with Gasteiger partial charge in [-0.15, -0.1) is 0 Å². The number of benzene rings is 3. The third kappa shape index (κ3) is 6.49. The first-order chi connectivity index (χ1) is 15.3. The molecule has 0 saturated heterocycles. The van der Waals surface area contributed by atoms with Gasteiger partial charge in [0.2, 0.25) is 15.9 Å². The molecule has 0 aliphatic heterocycles. The largest absolute Gasteiger partial charge is 0.455 e. The third-order valence-corrected chi connectivity index (χ3v) is 5.89. The zero-order valence-electron chi connectivity index (χ0n) is 18.1. The lowest BCUT2D eigenvalue weighted by Gasteiger charge is -2.24. The fourth-order valence-electron chi connectivity index (χ4n) is 3.11. The van der Waals surface area contributed by atoms with Gasteiger partial charge in [0.05, 0.1) is 11.9 Å². The van der Waals surface area contributed by atoms with Crippen molar-refractivity contribution >= 4 is 27.3 Å². The molecule has 0 fully saturated rings. The normalized spacial score (nSPS) is 10.9. The van der Waals surface area contributed by atoms with Crippen LogP contribution in [0.15, 0.2) is 84.9 Å². The van der Waals surface area contributed by atoms with Gasteiger partial charge < -0.3 is 15.0 Å². The number of para-hydroxylation sites is 4. The van der Waals surface area contributed by atoms with E-state index in [0.717, 1.165) is 16.2 Å². The van der Waals surface area contributed by atoms with Crippen molar-refractivity contribution < 1.29 is 17.9 Å². The molecule has 0 aliphatic rings. The Morgan fingerprint density at radius 3 is 2.16 bits per heavy atom. The predicted molar refractivity (Wildman–Crippen MR) is 128 cm³/mol. The Balaban J connectivity index is 1.68. The summed E-state index contributed by atoms with van der Waals surface area (Å²) in [5, 5.41) is 2.80. The van der Waals surface area contributed by atoms with Gasteiger partial charge in [0.1, 0.15) is 12.3 Å². The van der Waals surface area contributed by atoms with Crippen LogP contribution in [0.4, 0.5) is 11.4 Å². The number of anilines is 2. The molecule has 0 saturated carbocycles. The van der Waals surface area contributed by atoms with E-state index >= 15 is 0 Å². The maximum Gasteiger partial charge on any atom is 0.240 e. The highest BCUT2D eigenvalue weighted by Gasteiger charge is 2.24. The maximum absolute atomic E-state index is 12.6. The van der Waals surface area contributed by atoms with Gasteiger partial charge in [-0.3, -0.25) is 9.10 Å². The molecule has 32 heavy (non-hydrogen) atoms. The minimum Gasteiger partial charge on any atom is -0.455 e. The smallest absolute Gasteiger partial charge is 0.240 e. The van der Waals surface area contributed by atoms with Crippen LogP contribution in [0.3, 0.4) is 0 Å². The number of rotatable bonds is 10. The Bertz CT molecular complexity index is 1120. The van der Waals surface area contributed by atoms with Gasteiger partial charge in [-0.1, -0.05) is 48.5 Å². The van der Waals surface area contributed by atoms with Gasteiger partial charge in [0, 0.05) is 25.8 Å². The summed E-state index contributed by atoms with van der Waals surface area (Å²) in [6.07, 6.45) is 1.07. The highest BCUT2D eigenvalue weighted by atomic mass is 32.2. The van der Waals surface area contributed by atoms with Crippen LogP contribution in [0, 0.1) is 0 Å². The number of sulfonamides is 1. The number of carbonyl (C=O) groups excluding carboxylic acids is 1. The van der Waals surface area contributed by atoms with Crippen LogP contribution >= 0.6 is 0 Å². The molecule has 0 atom stereocenters. The minimum absolute atomic E-state index is 0.301. The molecule has 0 radical (unpaired) electrons. The van der Waals surface area contributed by atoms with E-state index in [4.69, 9.17) is 4.74 Å². The second-order valence-electron chi connectivity index (χ2n) is 7.26. The number of hydrogen-bond acceptors (Lipinski definition) is 5. The number of ether oxygens (including phenoxy) is 1. The van der Waals surface area contributed by atoms with Crippen molar-refractivity contribution in [2.75, 3.05) is 42.1 Å². The minimum atomic E-state index is -3.73. The van der Waals surface area contributed by atoms with Gasteiger partial charge in [-0.05, 0) is 36.4 Å². The topological polar surface area (TPSA) is 79.0 Å². The van der Waals surface area contributed by atoms with Crippen molar-refractivity contribution in [3.63, 3.8) is 0 Å². The molecule has 168 valence electrons. The van der Waals surface area contributed by atoms with Crippen molar-refractivity contribution in [2.24, 2.45) is 0 Å². The number of amides is 1. The second-order valence-corrected chi connectivity index (χ2v) is 9.17. The lowest BCUT2D eigenvalue weighted by molar-refractivity contribution is -0.119. The highest BCUT2D eigenvalue weighted by molar-refractivity contribution is 7.92. The summed E-state index contributed by atoms with van der Waals surface area (Å²) in [5.74, 6) is 0.522. The van der Waals surface area contributed by atoms with Crippen molar-refractivity contribution in [1.82, 2.24) is 5.32 Å². The van der Waals surface area contributed by atoms with Crippen LogP contribution < -0.4 is 19.3 Å². The van der Waals surface area contributed by atoms with E-state index in [2.05, 4.69) is 5.32 Å². The van der Waals surface area contributed by atoms with Crippen LogP contribution in [0.25, 0.3) is 0 Å². The molecule has 8 heteroatoms. The summed E-state index contributed by atoms with van der Waals surface area (Å²) in [6.45, 7) is 0.620.